The second kappa shape index (κ2) is 3.21. The van der Waals surface area contributed by atoms with Crippen molar-refractivity contribution < 1.29 is 9.53 Å². The number of nitrogens with zero attached hydrogens (tertiary/aromatic N) is 1. The summed E-state index contributed by atoms with van der Waals surface area (Å²) in [4.78, 5) is 13.0. The third kappa shape index (κ3) is 1.51. The lowest BCUT2D eigenvalue weighted by atomic mass is 10.2. The molecule has 14 heavy (non-hydrogen) atoms. The summed E-state index contributed by atoms with van der Waals surface area (Å²) in [5.41, 5.74) is 1.78. The molecular weight excluding hydrogens is 180 g/mol. The molecule has 0 bridgehead atoms. The molecule has 0 saturated carbocycles. The average molecular weight is 192 g/mol. The van der Waals surface area contributed by atoms with Crippen LogP contribution in [0.1, 0.15) is 0 Å². The van der Waals surface area contributed by atoms with E-state index in [2.05, 4.69) is 5.32 Å². The Balaban J connectivity index is 2.37. The van der Waals surface area contributed by atoms with Gasteiger partial charge in [0.15, 0.2) is 6.61 Å². The van der Waals surface area contributed by atoms with Gasteiger partial charge < -0.3 is 15.0 Å². The van der Waals surface area contributed by atoms with E-state index in [9.17, 15) is 4.79 Å². The zero-order valence-corrected chi connectivity index (χ0v) is 8.20. The van der Waals surface area contributed by atoms with Crippen molar-refractivity contribution >= 4 is 17.3 Å². The van der Waals surface area contributed by atoms with Gasteiger partial charge in [0, 0.05) is 19.8 Å². The fourth-order valence-corrected chi connectivity index (χ4v) is 1.35. The molecule has 1 amide bonds. The largest absolute Gasteiger partial charge is 0.482 e. The number of fused-ring (bicyclic) bond motifs is 1. The summed E-state index contributed by atoms with van der Waals surface area (Å²) in [7, 11) is 3.90. The van der Waals surface area contributed by atoms with Gasteiger partial charge in [0.25, 0.3) is 5.91 Å². The molecule has 1 heterocycles. The number of anilines is 2. The molecule has 4 heteroatoms. The monoisotopic (exact) mass is 192 g/mol. The van der Waals surface area contributed by atoms with Crippen molar-refractivity contribution in [1.82, 2.24) is 0 Å². The maximum Gasteiger partial charge on any atom is 0.262 e. The third-order valence-electron chi connectivity index (χ3n) is 2.11. The van der Waals surface area contributed by atoms with Gasteiger partial charge in [0.05, 0.1) is 5.69 Å². The first-order valence-electron chi connectivity index (χ1n) is 4.41. The Morgan fingerprint density at radius 1 is 1.43 bits per heavy atom. The molecule has 1 aromatic carbocycles. The standard InChI is InChI=1S/C10H12N2O2/c1-12(2)7-3-4-9-8(5-7)11-10(13)6-14-9/h3-5H,6H2,1-2H3,(H,11,13). The molecule has 1 N–H and O–H groups in total. The topological polar surface area (TPSA) is 41.6 Å². The summed E-state index contributed by atoms with van der Waals surface area (Å²) < 4.78 is 5.24. The molecule has 1 aromatic rings. The number of nitrogens with one attached hydrogen (secondary N) is 1. The van der Waals surface area contributed by atoms with Crippen LogP contribution in [0.4, 0.5) is 11.4 Å². The molecule has 2 rings (SSSR count). The number of rotatable bonds is 1. The quantitative estimate of drug-likeness (QED) is 0.724. The second-order valence-corrected chi connectivity index (χ2v) is 3.41. The van der Waals surface area contributed by atoms with Crippen LogP contribution < -0.4 is 15.0 Å². The molecule has 74 valence electrons. The van der Waals surface area contributed by atoms with Crippen LogP contribution in [0.3, 0.4) is 0 Å². The molecule has 0 spiro atoms. The lowest BCUT2D eigenvalue weighted by Gasteiger charge is -2.20. The van der Waals surface area contributed by atoms with Crippen molar-refractivity contribution in [1.29, 1.82) is 0 Å². The van der Waals surface area contributed by atoms with Crippen LogP contribution in [0, 0.1) is 0 Å². The van der Waals surface area contributed by atoms with Crippen molar-refractivity contribution in [2.45, 2.75) is 0 Å². The zero-order valence-electron chi connectivity index (χ0n) is 8.20. The average Bonchev–Trinajstić information content (AvgIpc) is 2.16. The van der Waals surface area contributed by atoms with E-state index in [0.717, 1.165) is 17.1 Å². The summed E-state index contributed by atoms with van der Waals surface area (Å²) in [5, 5.41) is 2.76. The molecule has 0 aromatic heterocycles. The van der Waals surface area contributed by atoms with Gasteiger partial charge >= 0.3 is 0 Å². The Morgan fingerprint density at radius 2 is 2.21 bits per heavy atom. The number of hydrogen-bond acceptors (Lipinski definition) is 3. The van der Waals surface area contributed by atoms with Gasteiger partial charge in [-0.25, -0.2) is 0 Å². The van der Waals surface area contributed by atoms with E-state index < -0.39 is 0 Å². The Bertz CT molecular complexity index is 374. The van der Waals surface area contributed by atoms with E-state index in [1.54, 1.807) is 0 Å². The highest BCUT2D eigenvalue weighted by Gasteiger charge is 2.15. The van der Waals surface area contributed by atoms with Gasteiger partial charge in [0.1, 0.15) is 5.75 Å². The minimum atomic E-state index is -0.103. The Kier molecular flexibility index (Phi) is 2.04. The Morgan fingerprint density at radius 3 is 2.93 bits per heavy atom. The zero-order chi connectivity index (χ0) is 10.1. The molecule has 1 aliphatic heterocycles. The highest BCUT2D eigenvalue weighted by atomic mass is 16.5. The van der Waals surface area contributed by atoms with Crippen molar-refractivity contribution in [2.75, 3.05) is 30.9 Å². The number of carbonyl (C=O) groups is 1. The number of benzene rings is 1. The molecule has 1 aliphatic rings. The predicted octanol–water partition coefficient (Wildman–Crippen LogP) is 1.08. The summed E-state index contributed by atoms with van der Waals surface area (Å²) >= 11 is 0. The van der Waals surface area contributed by atoms with E-state index >= 15 is 0 Å². The summed E-state index contributed by atoms with van der Waals surface area (Å²) in [6.45, 7) is 0.105. The van der Waals surface area contributed by atoms with E-state index in [4.69, 9.17) is 4.74 Å². The van der Waals surface area contributed by atoms with Crippen molar-refractivity contribution in [3.8, 4) is 5.75 Å². The van der Waals surface area contributed by atoms with Crippen molar-refractivity contribution in [3.05, 3.63) is 18.2 Å². The van der Waals surface area contributed by atoms with Crippen LogP contribution in [0.25, 0.3) is 0 Å². The van der Waals surface area contributed by atoms with Crippen LogP contribution in [-0.2, 0) is 4.79 Å². The van der Waals surface area contributed by atoms with E-state index in [1.165, 1.54) is 0 Å². The van der Waals surface area contributed by atoms with E-state index in [1.807, 2.05) is 37.2 Å². The summed E-state index contributed by atoms with van der Waals surface area (Å²) in [6, 6.07) is 5.72. The van der Waals surface area contributed by atoms with Crippen molar-refractivity contribution in [3.63, 3.8) is 0 Å². The molecule has 0 saturated heterocycles. The lowest BCUT2D eigenvalue weighted by molar-refractivity contribution is -0.118. The Hall–Kier alpha value is -1.71. The van der Waals surface area contributed by atoms with Gasteiger partial charge in [-0.2, -0.15) is 0 Å². The minimum absolute atomic E-state index is 0.103. The van der Waals surface area contributed by atoms with Gasteiger partial charge in [-0.3, -0.25) is 4.79 Å². The van der Waals surface area contributed by atoms with Gasteiger partial charge in [-0.15, -0.1) is 0 Å². The molecule has 0 aliphatic carbocycles. The number of hydrogen-bond donors (Lipinski definition) is 1. The first-order valence-corrected chi connectivity index (χ1v) is 4.41. The van der Waals surface area contributed by atoms with Crippen LogP contribution >= 0.6 is 0 Å². The molecule has 0 unspecified atom stereocenters. The van der Waals surface area contributed by atoms with E-state index in [-0.39, 0.29) is 12.5 Å². The normalized spacial score (nSPS) is 14.0. The minimum Gasteiger partial charge on any atom is -0.482 e. The highest BCUT2D eigenvalue weighted by Crippen LogP contribution is 2.31. The van der Waals surface area contributed by atoms with Gasteiger partial charge in [-0.05, 0) is 18.2 Å². The van der Waals surface area contributed by atoms with Crippen LogP contribution in [0.2, 0.25) is 0 Å². The Labute approximate surface area is 82.5 Å². The first kappa shape index (κ1) is 8.87. The molecular formula is C10H12N2O2. The summed E-state index contributed by atoms with van der Waals surface area (Å²) in [5.74, 6) is 0.628. The molecule has 4 nitrogen and oxygen atoms in total. The third-order valence-corrected chi connectivity index (χ3v) is 2.11. The number of amides is 1. The van der Waals surface area contributed by atoms with E-state index in [0.29, 0.717) is 0 Å². The maximum absolute atomic E-state index is 11.1. The fraction of sp³-hybridized carbons (Fsp3) is 0.300. The maximum atomic E-state index is 11.1. The lowest BCUT2D eigenvalue weighted by Crippen LogP contribution is -2.25. The molecule has 0 radical (unpaired) electrons. The van der Waals surface area contributed by atoms with Gasteiger partial charge in [0.2, 0.25) is 0 Å². The fourth-order valence-electron chi connectivity index (χ4n) is 1.35. The molecule has 0 atom stereocenters. The highest BCUT2D eigenvalue weighted by molar-refractivity contribution is 5.96. The smallest absolute Gasteiger partial charge is 0.262 e. The van der Waals surface area contributed by atoms with Crippen LogP contribution in [0.5, 0.6) is 5.75 Å². The summed E-state index contributed by atoms with van der Waals surface area (Å²) in [6.07, 6.45) is 0. The van der Waals surface area contributed by atoms with Gasteiger partial charge in [-0.1, -0.05) is 0 Å². The van der Waals surface area contributed by atoms with Crippen LogP contribution in [-0.4, -0.2) is 26.6 Å². The number of ether oxygens (including phenoxy) is 1. The van der Waals surface area contributed by atoms with Crippen molar-refractivity contribution in [2.24, 2.45) is 0 Å². The second-order valence-electron chi connectivity index (χ2n) is 3.41. The number of carbonyl (C=O) groups excluding carboxylic acids is 1. The predicted molar refractivity (Wildman–Crippen MR) is 54.9 cm³/mol. The van der Waals surface area contributed by atoms with Crippen LogP contribution in [0.15, 0.2) is 18.2 Å². The SMILES string of the molecule is CN(C)c1ccc2c(c1)NC(=O)CO2. The first-order chi connectivity index (χ1) is 6.66. The molecule has 0 fully saturated rings.